The second-order valence-corrected chi connectivity index (χ2v) is 4.81. The fourth-order valence-electron chi connectivity index (χ4n) is 1.82. The Balaban J connectivity index is 2.40. The summed E-state index contributed by atoms with van der Waals surface area (Å²) in [6, 6.07) is 7.54. The maximum atomic E-state index is 11.9. The minimum atomic E-state index is -0.439. The second kappa shape index (κ2) is 7.40. The number of aromatic nitrogens is 1. The van der Waals surface area contributed by atoms with Crippen LogP contribution < -0.4 is 0 Å². The smallest absolute Gasteiger partial charge is 0.341 e. The molecule has 0 saturated carbocycles. The molecule has 5 heteroatoms. The third kappa shape index (κ3) is 3.79. The Morgan fingerprint density at radius 3 is 2.71 bits per heavy atom. The molecule has 0 amide bonds. The maximum Gasteiger partial charge on any atom is 0.341 e. The number of ether oxygens (including phenoxy) is 2. The van der Waals surface area contributed by atoms with Crippen molar-refractivity contribution < 1.29 is 14.3 Å². The van der Waals surface area contributed by atoms with E-state index in [1.165, 1.54) is 31.8 Å². The molecule has 2 aromatic rings. The molecule has 0 saturated heterocycles. The van der Waals surface area contributed by atoms with E-state index in [1.54, 1.807) is 5.51 Å². The molecule has 1 aromatic heterocycles. The normalized spacial score (nSPS) is 11.6. The minimum Gasteiger partial charge on any atom is -0.503 e. The van der Waals surface area contributed by atoms with Crippen molar-refractivity contribution >= 4 is 35.0 Å². The third-order valence-corrected chi connectivity index (χ3v) is 3.38. The Morgan fingerprint density at radius 1 is 1.24 bits per heavy atom. The van der Waals surface area contributed by atoms with Crippen molar-refractivity contribution in [3.63, 3.8) is 0 Å². The maximum absolute atomic E-state index is 11.9. The van der Waals surface area contributed by atoms with E-state index < -0.39 is 5.97 Å². The van der Waals surface area contributed by atoms with Crippen molar-refractivity contribution in [3.8, 4) is 0 Å². The van der Waals surface area contributed by atoms with E-state index in [2.05, 4.69) is 4.98 Å². The van der Waals surface area contributed by atoms with Gasteiger partial charge < -0.3 is 9.47 Å². The number of hydrogen-bond acceptors (Lipinski definition) is 5. The summed E-state index contributed by atoms with van der Waals surface area (Å²) in [4.78, 5) is 16.1. The third-order valence-electron chi connectivity index (χ3n) is 2.78. The zero-order chi connectivity index (χ0) is 15.1. The molecule has 1 aromatic carbocycles. The molecule has 2 rings (SSSR count). The van der Waals surface area contributed by atoms with Gasteiger partial charge in [0.05, 0.1) is 31.7 Å². The van der Waals surface area contributed by atoms with E-state index in [-0.39, 0.29) is 0 Å². The number of rotatable bonds is 5. The van der Waals surface area contributed by atoms with Crippen LogP contribution in [0.25, 0.3) is 17.7 Å². The van der Waals surface area contributed by atoms with Gasteiger partial charge in [-0.3, -0.25) is 0 Å². The molecule has 0 bridgehead atoms. The number of thiazole rings is 1. The van der Waals surface area contributed by atoms with Gasteiger partial charge in [0.2, 0.25) is 0 Å². The second-order valence-electron chi connectivity index (χ2n) is 4.09. The Labute approximate surface area is 127 Å². The predicted octanol–water partition coefficient (Wildman–Crippen LogP) is 3.47. The molecule has 0 fully saturated rings. The fraction of sp³-hybridized carbons (Fsp3) is 0.125. The Morgan fingerprint density at radius 2 is 2.05 bits per heavy atom. The summed E-state index contributed by atoms with van der Waals surface area (Å²) in [7, 11) is 2.84. The van der Waals surface area contributed by atoms with Crippen molar-refractivity contribution in [2.45, 2.75) is 0 Å². The van der Waals surface area contributed by atoms with Gasteiger partial charge in [-0.05, 0) is 17.2 Å². The summed E-state index contributed by atoms with van der Waals surface area (Å²) in [5, 5.41) is 1.95. The molecule has 1 heterocycles. The van der Waals surface area contributed by atoms with E-state index >= 15 is 0 Å². The summed E-state index contributed by atoms with van der Waals surface area (Å²) < 4.78 is 9.79. The molecule has 108 valence electrons. The van der Waals surface area contributed by atoms with Crippen LogP contribution in [-0.4, -0.2) is 25.2 Å². The Bertz CT molecular complexity index is 660. The highest BCUT2D eigenvalue weighted by molar-refractivity contribution is 7.07. The lowest BCUT2D eigenvalue weighted by molar-refractivity contribution is -0.133. The number of benzene rings is 1. The summed E-state index contributed by atoms with van der Waals surface area (Å²) in [5.41, 5.74) is 4.66. The van der Waals surface area contributed by atoms with Gasteiger partial charge in [-0.1, -0.05) is 30.3 Å². The van der Waals surface area contributed by atoms with Gasteiger partial charge in [-0.25, -0.2) is 9.78 Å². The van der Waals surface area contributed by atoms with Gasteiger partial charge >= 0.3 is 5.97 Å². The number of carbonyl (C=O) groups excluding carboxylic acids is 1. The average Bonchev–Trinajstić information content (AvgIpc) is 3.04. The van der Waals surface area contributed by atoms with Gasteiger partial charge in [0.15, 0.2) is 0 Å². The molecule has 0 unspecified atom stereocenters. The highest BCUT2D eigenvalue weighted by Gasteiger charge is 2.15. The first-order valence-corrected chi connectivity index (χ1v) is 7.17. The first-order valence-electron chi connectivity index (χ1n) is 6.23. The molecule has 4 nitrogen and oxygen atoms in total. The van der Waals surface area contributed by atoms with Crippen molar-refractivity contribution in [2.24, 2.45) is 0 Å². The van der Waals surface area contributed by atoms with Crippen LogP contribution in [0.2, 0.25) is 0 Å². The summed E-state index contributed by atoms with van der Waals surface area (Å²) in [6.45, 7) is 0. The monoisotopic (exact) mass is 301 g/mol. The summed E-state index contributed by atoms with van der Waals surface area (Å²) >= 11 is 1.53. The molecule has 21 heavy (non-hydrogen) atoms. The van der Waals surface area contributed by atoms with Crippen LogP contribution >= 0.6 is 11.3 Å². The van der Waals surface area contributed by atoms with Crippen molar-refractivity contribution in [1.82, 2.24) is 4.98 Å². The quantitative estimate of drug-likeness (QED) is 0.482. The van der Waals surface area contributed by atoms with Gasteiger partial charge in [0.1, 0.15) is 5.57 Å². The van der Waals surface area contributed by atoms with E-state index in [9.17, 15) is 4.79 Å². The standard InChI is InChI=1S/C16H15NO3S/c1-19-9-15(16(18)20-2)14-6-4-3-5-12(14)7-8-13-10-21-11-17-13/h3-11H,1-2H3. The number of hydrogen-bond donors (Lipinski definition) is 0. The molecule has 0 spiro atoms. The first kappa shape index (κ1) is 15.0. The van der Waals surface area contributed by atoms with Crippen LogP contribution in [0.5, 0.6) is 0 Å². The van der Waals surface area contributed by atoms with Crippen molar-refractivity contribution in [2.75, 3.05) is 14.2 Å². The summed E-state index contributed by atoms with van der Waals surface area (Å²) in [5.74, 6) is -0.439. The van der Waals surface area contributed by atoms with Crippen LogP contribution in [-0.2, 0) is 14.3 Å². The largest absolute Gasteiger partial charge is 0.503 e. The van der Waals surface area contributed by atoms with Crippen molar-refractivity contribution in [3.05, 3.63) is 58.2 Å². The first-order chi connectivity index (χ1) is 10.3. The highest BCUT2D eigenvalue weighted by atomic mass is 32.1. The van der Waals surface area contributed by atoms with Crippen LogP contribution in [0.15, 0.2) is 41.4 Å². The van der Waals surface area contributed by atoms with Crippen LogP contribution in [0.3, 0.4) is 0 Å². The zero-order valence-electron chi connectivity index (χ0n) is 11.8. The van der Waals surface area contributed by atoms with Gasteiger partial charge in [-0.2, -0.15) is 0 Å². The molecular formula is C16H15NO3S. The predicted molar refractivity (Wildman–Crippen MR) is 84.5 cm³/mol. The number of carbonyl (C=O) groups is 1. The van der Waals surface area contributed by atoms with Crippen LogP contribution in [0.1, 0.15) is 16.8 Å². The van der Waals surface area contributed by atoms with E-state index in [4.69, 9.17) is 9.47 Å². The molecule has 0 aliphatic rings. The lowest BCUT2D eigenvalue weighted by Crippen LogP contribution is -2.05. The van der Waals surface area contributed by atoms with Crippen LogP contribution in [0, 0.1) is 0 Å². The van der Waals surface area contributed by atoms with Crippen molar-refractivity contribution in [1.29, 1.82) is 0 Å². The molecule has 0 aliphatic carbocycles. The molecule has 0 radical (unpaired) electrons. The Kier molecular flexibility index (Phi) is 5.29. The van der Waals surface area contributed by atoms with E-state index in [0.29, 0.717) is 5.57 Å². The fourth-order valence-corrected chi connectivity index (χ4v) is 2.34. The average molecular weight is 301 g/mol. The number of nitrogens with zero attached hydrogens (tertiary/aromatic N) is 1. The van der Waals surface area contributed by atoms with Gasteiger partial charge in [-0.15, -0.1) is 11.3 Å². The zero-order valence-corrected chi connectivity index (χ0v) is 12.6. The molecule has 0 aliphatic heterocycles. The minimum absolute atomic E-state index is 0.374. The molecule has 0 N–H and O–H groups in total. The number of esters is 1. The lowest BCUT2D eigenvalue weighted by atomic mass is 10.00. The van der Waals surface area contributed by atoms with Gasteiger partial charge in [0, 0.05) is 5.38 Å². The van der Waals surface area contributed by atoms with Gasteiger partial charge in [0.25, 0.3) is 0 Å². The highest BCUT2D eigenvalue weighted by Crippen LogP contribution is 2.22. The van der Waals surface area contributed by atoms with E-state index in [0.717, 1.165) is 16.8 Å². The van der Waals surface area contributed by atoms with E-state index in [1.807, 2.05) is 41.8 Å². The Hall–Kier alpha value is -2.40. The number of methoxy groups -OCH3 is 2. The molecule has 0 atom stereocenters. The lowest BCUT2D eigenvalue weighted by Gasteiger charge is -2.08. The SMILES string of the molecule is COC=C(C(=O)OC)c1ccccc1C=Cc1cscn1. The molecular weight excluding hydrogens is 286 g/mol. The van der Waals surface area contributed by atoms with Crippen LogP contribution in [0.4, 0.5) is 0 Å². The topological polar surface area (TPSA) is 48.4 Å². The summed E-state index contributed by atoms with van der Waals surface area (Å²) in [6.07, 6.45) is 5.20.